The molecule has 2 aromatic rings. The van der Waals surface area contributed by atoms with Crippen molar-refractivity contribution < 1.29 is 14.7 Å². The number of carbonyl (C=O) groups is 2. The smallest absolute Gasteiger partial charge is 0.331 e. The van der Waals surface area contributed by atoms with E-state index in [0.717, 1.165) is 5.56 Å². The molecule has 23 heavy (non-hydrogen) atoms. The molecule has 1 fully saturated rings. The van der Waals surface area contributed by atoms with Crippen LogP contribution in [0.15, 0.2) is 60.7 Å². The molecule has 0 aliphatic carbocycles. The van der Waals surface area contributed by atoms with Gasteiger partial charge in [0.1, 0.15) is 9.57 Å². The number of carboxylic acids is 1. The molecule has 2 atom stereocenters. The predicted octanol–water partition coefficient (Wildman–Crippen LogP) is 3.41. The second kappa shape index (κ2) is 6.52. The number of amides is 1. The molecule has 0 saturated carbocycles. The van der Waals surface area contributed by atoms with E-state index in [0.29, 0.717) is 9.88 Å². The lowest BCUT2D eigenvalue weighted by atomic mass is 10.0. The molecule has 1 aliphatic heterocycles. The van der Waals surface area contributed by atoms with Crippen LogP contribution < -0.4 is 0 Å². The highest BCUT2D eigenvalue weighted by molar-refractivity contribution is 8.24. The Labute approximate surface area is 143 Å². The highest BCUT2D eigenvalue weighted by Crippen LogP contribution is 2.43. The van der Waals surface area contributed by atoms with Crippen molar-refractivity contribution in [2.75, 3.05) is 0 Å². The zero-order valence-electron chi connectivity index (χ0n) is 12.0. The maximum absolute atomic E-state index is 12.8. The van der Waals surface area contributed by atoms with Gasteiger partial charge in [0.05, 0.1) is 0 Å². The summed E-state index contributed by atoms with van der Waals surface area (Å²) < 4.78 is 0.292. The van der Waals surface area contributed by atoms with Gasteiger partial charge in [-0.1, -0.05) is 84.6 Å². The Balaban J connectivity index is 1.97. The first-order chi connectivity index (χ1) is 11.1. The van der Waals surface area contributed by atoms with Crippen LogP contribution in [0, 0.1) is 0 Å². The Bertz CT molecular complexity index is 749. The molecule has 1 amide bonds. The van der Waals surface area contributed by atoms with Crippen LogP contribution in [0.25, 0.3) is 0 Å². The lowest BCUT2D eigenvalue weighted by Gasteiger charge is -2.24. The summed E-state index contributed by atoms with van der Waals surface area (Å²) in [6.07, 6.45) is 0. The third-order valence-electron chi connectivity index (χ3n) is 3.59. The summed E-state index contributed by atoms with van der Waals surface area (Å²) in [4.78, 5) is 25.8. The van der Waals surface area contributed by atoms with Crippen molar-refractivity contribution in [2.24, 2.45) is 0 Å². The Morgan fingerprint density at radius 3 is 2.22 bits per heavy atom. The predicted molar refractivity (Wildman–Crippen MR) is 93.0 cm³/mol. The molecule has 2 unspecified atom stereocenters. The average Bonchev–Trinajstić information content (AvgIpc) is 2.85. The Morgan fingerprint density at radius 1 is 1.09 bits per heavy atom. The monoisotopic (exact) mass is 343 g/mol. The molecule has 3 rings (SSSR count). The molecule has 1 heterocycles. The molecule has 2 aromatic carbocycles. The minimum Gasteiger partial charge on any atom is -0.479 e. The van der Waals surface area contributed by atoms with Gasteiger partial charge in [0.2, 0.25) is 5.91 Å². The Kier molecular flexibility index (Phi) is 4.45. The van der Waals surface area contributed by atoms with Gasteiger partial charge in [-0.25, -0.2) is 4.79 Å². The van der Waals surface area contributed by atoms with E-state index in [2.05, 4.69) is 0 Å². The van der Waals surface area contributed by atoms with Gasteiger partial charge in [0.15, 0.2) is 6.04 Å². The van der Waals surface area contributed by atoms with Crippen molar-refractivity contribution in [3.63, 3.8) is 0 Å². The molecule has 0 bridgehead atoms. The van der Waals surface area contributed by atoms with Crippen LogP contribution in [0.4, 0.5) is 0 Å². The fourth-order valence-corrected chi connectivity index (χ4v) is 4.04. The highest BCUT2D eigenvalue weighted by atomic mass is 32.2. The van der Waals surface area contributed by atoms with Crippen LogP contribution in [-0.2, 0) is 9.59 Å². The molecule has 0 aromatic heterocycles. The van der Waals surface area contributed by atoms with E-state index < -0.39 is 17.3 Å². The van der Waals surface area contributed by atoms with Gasteiger partial charge in [-0.2, -0.15) is 0 Å². The minimum atomic E-state index is -1.10. The Hall–Kier alpha value is -2.18. The molecule has 1 aliphatic rings. The normalized spacial score (nSPS) is 19.0. The summed E-state index contributed by atoms with van der Waals surface area (Å²) in [5.41, 5.74) is 1.36. The summed E-state index contributed by atoms with van der Waals surface area (Å²) in [6, 6.07) is 16.8. The van der Waals surface area contributed by atoms with E-state index in [1.165, 1.54) is 16.7 Å². The van der Waals surface area contributed by atoms with E-state index in [4.69, 9.17) is 12.2 Å². The summed E-state index contributed by atoms with van der Waals surface area (Å²) in [7, 11) is 0. The lowest BCUT2D eigenvalue weighted by molar-refractivity contribution is -0.146. The van der Waals surface area contributed by atoms with Gasteiger partial charge in [0.25, 0.3) is 0 Å². The second-order valence-corrected chi connectivity index (χ2v) is 6.77. The molecule has 0 spiro atoms. The van der Waals surface area contributed by atoms with Gasteiger partial charge in [-0.3, -0.25) is 9.69 Å². The molecule has 6 heteroatoms. The molecule has 0 radical (unpaired) electrons. The molecule has 1 N–H and O–H groups in total. The van der Waals surface area contributed by atoms with E-state index in [1.54, 1.807) is 30.3 Å². The average molecular weight is 343 g/mol. The van der Waals surface area contributed by atoms with Gasteiger partial charge in [0, 0.05) is 0 Å². The summed E-state index contributed by atoms with van der Waals surface area (Å²) in [5, 5.41) is 9.13. The number of thiocarbonyl (C=S) groups is 1. The quantitative estimate of drug-likeness (QED) is 0.862. The van der Waals surface area contributed by atoms with E-state index >= 15 is 0 Å². The van der Waals surface area contributed by atoms with Crippen molar-refractivity contribution in [1.29, 1.82) is 0 Å². The summed E-state index contributed by atoms with van der Waals surface area (Å²) in [5.74, 6) is -1.39. The van der Waals surface area contributed by atoms with Crippen LogP contribution >= 0.6 is 24.0 Å². The number of aliphatic carboxylic acids is 1. The van der Waals surface area contributed by atoms with Crippen molar-refractivity contribution >= 4 is 40.2 Å². The van der Waals surface area contributed by atoms with Crippen molar-refractivity contribution in [3.05, 3.63) is 71.8 Å². The minimum absolute atomic E-state index is 0.289. The number of carbonyl (C=O) groups excluding carboxylic acids is 1. The third kappa shape index (κ3) is 3.00. The molecule has 116 valence electrons. The van der Waals surface area contributed by atoms with Crippen LogP contribution in [-0.4, -0.2) is 26.2 Å². The SMILES string of the molecule is O=C(O)C(c1ccccc1)N1C(=O)C(c2ccccc2)SC1=S. The number of hydrogen-bond donors (Lipinski definition) is 1. The first-order valence-electron chi connectivity index (χ1n) is 6.96. The van der Waals surface area contributed by atoms with Crippen LogP contribution in [0.1, 0.15) is 22.4 Å². The standard InChI is InChI=1S/C17H13NO3S2/c19-15-14(12-9-5-2-6-10-12)23-17(22)18(15)13(16(20)21)11-7-3-1-4-8-11/h1-10,13-14H,(H,20,21). The number of benzene rings is 2. The molecule has 4 nitrogen and oxygen atoms in total. The van der Waals surface area contributed by atoms with E-state index in [9.17, 15) is 14.7 Å². The van der Waals surface area contributed by atoms with Crippen LogP contribution in [0.2, 0.25) is 0 Å². The topological polar surface area (TPSA) is 57.6 Å². The summed E-state index contributed by atoms with van der Waals surface area (Å²) >= 11 is 6.51. The van der Waals surface area contributed by atoms with Crippen molar-refractivity contribution in [1.82, 2.24) is 4.90 Å². The van der Waals surface area contributed by atoms with Gasteiger partial charge >= 0.3 is 5.97 Å². The van der Waals surface area contributed by atoms with Gasteiger partial charge in [-0.05, 0) is 11.1 Å². The van der Waals surface area contributed by atoms with Crippen molar-refractivity contribution in [3.8, 4) is 0 Å². The molecule has 1 saturated heterocycles. The first kappa shape index (κ1) is 15.7. The number of rotatable bonds is 4. The largest absolute Gasteiger partial charge is 0.479 e. The number of hydrogen-bond acceptors (Lipinski definition) is 4. The van der Waals surface area contributed by atoms with Gasteiger partial charge in [-0.15, -0.1) is 0 Å². The number of thioether (sulfide) groups is 1. The lowest BCUT2D eigenvalue weighted by Crippen LogP contribution is -2.38. The van der Waals surface area contributed by atoms with Crippen molar-refractivity contribution in [2.45, 2.75) is 11.3 Å². The molecular weight excluding hydrogens is 330 g/mol. The molecular formula is C17H13NO3S2. The zero-order valence-corrected chi connectivity index (χ0v) is 13.6. The maximum Gasteiger partial charge on any atom is 0.331 e. The van der Waals surface area contributed by atoms with Gasteiger partial charge < -0.3 is 5.11 Å². The number of nitrogens with zero attached hydrogens (tertiary/aromatic N) is 1. The first-order valence-corrected chi connectivity index (χ1v) is 8.25. The van der Waals surface area contributed by atoms with Crippen LogP contribution in [0.3, 0.4) is 0 Å². The summed E-state index contributed by atoms with van der Waals surface area (Å²) in [6.45, 7) is 0. The number of carboxylic acid groups (broad SMARTS) is 1. The third-order valence-corrected chi connectivity index (χ3v) is 5.18. The zero-order chi connectivity index (χ0) is 16.4. The van der Waals surface area contributed by atoms with Crippen LogP contribution in [0.5, 0.6) is 0 Å². The van der Waals surface area contributed by atoms with E-state index in [-0.39, 0.29) is 5.91 Å². The Morgan fingerprint density at radius 2 is 1.65 bits per heavy atom. The maximum atomic E-state index is 12.8. The fourth-order valence-electron chi connectivity index (χ4n) is 2.53. The highest BCUT2D eigenvalue weighted by Gasteiger charge is 2.44. The second-order valence-electron chi connectivity index (χ2n) is 5.03. The van der Waals surface area contributed by atoms with E-state index in [1.807, 2.05) is 30.3 Å². The fraction of sp³-hybridized carbons (Fsp3) is 0.118.